The second-order valence-corrected chi connectivity index (χ2v) is 6.19. The van der Waals surface area contributed by atoms with Crippen LogP contribution in [-0.2, 0) is 11.2 Å². The number of benzene rings is 1. The van der Waals surface area contributed by atoms with E-state index in [0.29, 0.717) is 6.42 Å². The number of thiophene rings is 1. The van der Waals surface area contributed by atoms with Gasteiger partial charge in [0, 0.05) is 10.6 Å². The van der Waals surface area contributed by atoms with Gasteiger partial charge in [-0.2, -0.15) is 5.10 Å². The fourth-order valence-electron chi connectivity index (χ4n) is 2.40. The molecular weight excluding hydrogens is 294 g/mol. The van der Waals surface area contributed by atoms with E-state index in [-0.39, 0.29) is 5.91 Å². The van der Waals surface area contributed by atoms with Gasteiger partial charge in [0.05, 0.1) is 23.5 Å². The second kappa shape index (κ2) is 6.15. The highest BCUT2D eigenvalue weighted by molar-refractivity contribution is 7.10. The maximum Gasteiger partial charge on any atom is 0.229 e. The first-order chi connectivity index (χ1) is 10.6. The van der Waals surface area contributed by atoms with Crippen LogP contribution >= 0.6 is 11.3 Å². The van der Waals surface area contributed by atoms with Crippen LogP contribution < -0.4 is 5.32 Å². The third kappa shape index (κ3) is 3.09. The van der Waals surface area contributed by atoms with Gasteiger partial charge in [0.2, 0.25) is 5.91 Å². The number of nitrogens with zero attached hydrogens (tertiary/aromatic N) is 2. The number of aromatic nitrogens is 2. The molecule has 4 nitrogen and oxygen atoms in total. The molecule has 112 valence electrons. The number of amides is 1. The van der Waals surface area contributed by atoms with Crippen LogP contribution in [0.3, 0.4) is 0 Å². The van der Waals surface area contributed by atoms with E-state index < -0.39 is 0 Å². The second-order valence-electron chi connectivity index (χ2n) is 5.16. The van der Waals surface area contributed by atoms with Crippen molar-refractivity contribution in [2.24, 2.45) is 0 Å². The molecule has 22 heavy (non-hydrogen) atoms. The predicted octanol–water partition coefficient (Wildman–Crippen LogP) is 3.73. The monoisotopic (exact) mass is 311 g/mol. The summed E-state index contributed by atoms with van der Waals surface area (Å²) in [5, 5.41) is 9.46. The summed E-state index contributed by atoms with van der Waals surface area (Å²) in [6, 6.07) is 13.7. The van der Waals surface area contributed by atoms with Crippen molar-refractivity contribution in [3.8, 4) is 5.69 Å². The van der Waals surface area contributed by atoms with E-state index in [1.165, 1.54) is 0 Å². The van der Waals surface area contributed by atoms with E-state index >= 15 is 0 Å². The van der Waals surface area contributed by atoms with Crippen molar-refractivity contribution in [2.75, 3.05) is 5.32 Å². The number of aryl methyl sites for hydroxylation is 2. The lowest BCUT2D eigenvalue weighted by Crippen LogP contribution is -2.16. The number of nitrogens with one attached hydrogen (secondary N) is 1. The topological polar surface area (TPSA) is 46.9 Å². The lowest BCUT2D eigenvalue weighted by atomic mass is 10.2. The summed E-state index contributed by atoms with van der Waals surface area (Å²) in [6.45, 7) is 3.96. The zero-order valence-electron chi connectivity index (χ0n) is 12.5. The lowest BCUT2D eigenvalue weighted by Gasteiger charge is -2.12. The normalized spacial score (nSPS) is 10.6. The van der Waals surface area contributed by atoms with Gasteiger partial charge in [-0.1, -0.05) is 18.2 Å². The Morgan fingerprint density at radius 2 is 2.05 bits per heavy atom. The van der Waals surface area contributed by atoms with Crippen molar-refractivity contribution in [2.45, 2.75) is 20.3 Å². The number of rotatable bonds is 4. The highest BCUT2D eigenvalue weighted by atomic mass is 32.1. The number of carbonyl (C=O) groups excluding carboxylic acids is 1. The van der Waals surface area contributed by atoms with Crippen molar-refractivity contribution < 1.29 is 4.79 Å². The van der Waals surface area contributed by atoms with Crippen molar-refractivity contribution >= 4 is 22.9 Å². The molecule has 0 atom stereocenters. The molecule has 0 bridgehead atoms. The molecule has 2 heterocycles. The minimum Gasteiger partial charge on any atom is -0.324 e. The summed E-state index contributed by atoms with van der Waals surface area (Å²) < 4.78 is 1.86. The Kier molecular flexibility index (Phi) is 4.06. The van der Waals surface area contributed by atoms with E-state index in [2.05, 4.69) is 10.4 Å². The first kappa shape index (κ1) is 14.5. The lowest BCUT2D eigenvalue weighted by molar-refractivity contribution is -0.115. The van der Waals surface area contributed by atoms with Crippen LogP contribution in [0, 0.1) is 13.8 Å². The Labute approximate surface area is 133 Å². The molecule has 3 rings (SSSR count). The molecule has 0 spiro atoms. The molecule has 0 unspecified atom stereocenters. The summed E-state index contributed by atoms with van der Waals surface area (Å²) in [6.07, 6.45) is 0.392. The largest absolute Gasteiger partial charge is 0.324 e. The molecule has 0 aliphatic carbocycles. The zero-order valence-corrected chi connectivity index (χ0v) is 13.4. The highest BCUT2D eigenvalue weighted by Gasteiger charge is 2.11. The fraction of sp³-hybridized carbons (Fsp3) is 0.176. The molecule has 1 aromatic carbocycles. The Bertz CT molecular complexity index is 790. The van der Waals surface area contributed by atoms with Crippen LogP contribution in [0.15, 0.2) is 47.8 Å². The number of hydrogen-bond acceptors (Lipinski definition) is 3. The molecule has 1 N–H and O–H groups in total. The van der Waals surface area contributed by atoms with Gasteiger partial charge in [-0.05, 0) is 43.5 Å². The standard InChI is InChI=1S/C17H17N3OS/c1-12-10-13(2)20(19-12)16-8-4-3-7-15(16)18-17(21)11-14-6-5-9-22-14/h3-10H,11H2,1-2H3,(H,18,21). The Hall–Kier alpha value is -2.40. The van der Waals surface area contributed by atoms with Crippen LogP contribution in [-0.4, -0.2) is 15.7 Å². The SMILES string of the molecule is Cc1cc(C)n(-c2ccccc2NC(=O)Cc2cccs2)n1. The van der Waals surface area contributed by atoms with Gasteiger partial charge in [-0.3, -0.25) is 4.79 Å². The first-order valence-corrected chi connectivity index (χ1v) is 7.96. The van der Waals surface area contributed by atoms with E-state index in [1.54, 1.807) is 11.3 Å². The molecule has 2 aromatic heterocycles. The van der Waals surface area contributed by atoms with E-state index in [0.717, 1.165) is 27.6 Å². The average Bonchev–Trinajstić information content (AvgIpc) is 3.09. The summed E-state index contributed by atoms with van der Waals surface area (Å²) >= 11 is 1.59. The van der Waals surface area contributed by atoms with Crippen LogP contribution in [0.2, 0.25) is 0 Å². The molecule has 0 saturated carbocycles. The summed E-state index contributed by atoms with van der Waals surface area (Å²) in [4.78, 5) is 13.3. The van der Waals surface area contributed by atoms with E-state index in [1.807, 2.05) is 66.4 Å². The number of para-hydroxylation sites is 2. The van der Waals surface area contributed by atoms with Crippen molar-refractivity contribution in [1.29, 1.82) is 0 Å². The number of hydrogen-bond donors (Lipinski definition) is 1. The molecule has 0 aliphatic heterocycles. The summed E-state index contributed by atoms with van der Waals surface area (Å²) in [5.74, 6) is -0.0172. The van der Waals surface area contributed by atoms with E-state index in [9.17, 15) is 4.79 Å². The minimum absolute atomic E-state index is 0.0172. The van der Waals surface area contributed by atoms with Crippen molar-refractivity contribution in [1.82, 2.24) is 9.78 Å². The van der Waals surface area contributed by atoms with Crippen LogP contribution in [0.1, 0.15) is 16.3 Å². The van der Waals surface area contributed by atoms with Gasteiger partial charge in [0.15, 0.2) is 0 Å². The summed E-state index contributed by atoms with van der Waals surface area (Å²) in [5.41, 5.74) is 3.65. The molecule has 0 radical (unpaired) electrons. The molecule has 0 aliphatic rings. The average molecular weight is 311 g/mol. The van der Waals surface area contributed by atoms with Gasteiger partial charge in [-0.25, -0.2) is 4.68 Å². The van der Waals surface area contributed by atoms with Gasteiger partial charge in [0.1, 0.15) is 0 Å². The third-order valence-corrected chi connectivity index (χ3v) is 4.21. The van der Waals surface area contributed by atoms with Gasteiger partial charge < -0.3 is 5.32 Å². The molecule has 3 aromatic rings. The molecule has 1 amide bonds. The third-order valence-electron chi connectivity index (χ3n) is 3.33. The molecular formula is C17H17N3OS. The predicted molar refractivity (Wildman–Crippen MR) is 89.7 cm³/mol. The van der Waals surface area contributed by atoms with E-state index in [4.69, 9.17) is 0 Å². The van der Waals surface area contributed by atoms with Crippen LogP contribution in [0.4, 0.5) is 5.69 Å². The summed E-state index contributed by atoms with van der Waals surface area (Å²) in [7, 11) is 0. The van der Waals surface area contributed by atoms with Crippen molar-refractivity contribution in [3.05, 3.63) is 64.1 Å². The Morgan fingerprint density at radius 3 is 2.73 bits per heavy atom. The Morgan fingerprint density at radius 1 is 1.23 bits per heavy atom. The van der Waals surface area contributed by atoms with Crippen LogP contribution in [0.25, 0.3) is 5.69 Å². The highest BCUT2D eigenvalue weighted by Crippen LogP contribution is 2.22. The maximum atomic E-state index is 12.2. The fourth-order valence-corrected chi connectivity index (χ4v) is 3.11. The first-order valence-electron chi connectivity index (χ1n) is 7.08. The van der Waals surface area contributed by atoms with Crippen LogP contribution in [0.5, 0.6) is 0 Å². The van der Waals surface area contributed by atoms with Gasteiger partial charge >= 0.3 is 0 Å². The molecule has 0 fully saturated rings. The maximum absolute atomic E-state index is 12.2. The molecule has 0 saturated heterocycles. The Balaban J connectivity index is 1.85. The number of anilines is 1. The minimum atomic E-state index is -0.0172. The smallest absolute Gasteiger partial charge is 0.229 e. The van der Waals surface area contributed by atoms with Crippen molar-refractivity contribution in [3.63, 3.8) is 0 Å². The zero-order chi connectivity index (χ0) is 15.5. The number of carbonyl (C=O) groups is 1. The van der Waals surface area contributed by atoms with Gasteiger partial charge in [0.25, 0.3) is 0 Å². The van der Waals surface area contributed by atoms with Gasteiger partial charge in [-0.15, -0.1) is 11.3 Å². The quantitative estimate of drug-likeness (QED) is 0.798. The molecule has 5 heteroatoms.